The van der Waals surface area contributed by atoms with Crippen LogP contribution in [0.3, 0.4) is 0 Å². The number of hydrogen-bond donors (Lipinski definition) is 0. The van der Waals surface area contributed by atoms with Crippen molar-refractivity contribution in [1.82, 2.24) is 9.55 Å². The van der Waals surface area contributed by atoms with Gasteiger partial charge in [-0.15, -0.1) is 0 Å². The molecule has 0 fully saturated rings. The van der Waals surface area contributed by atoms with Crippen LogP contribution in [0.4, 0.5) is 13.2 Å². The van der Waals surface area contributed by atoms with Crippen molar-refractivity contribution in [2.24, 2.45) is 0 Å². The largest absolute Gasteiger partial charge is 0.416 e. The summed E-state index contributed by atoms with van der Waals surface area (Å²) < 4.78 is 40.2. The third-order valence-corrected chi connectivity index (χ3v) is 3.40. The van der Waals surface area contributed by atoms with Crippen LogP contribution in [-0.4, -0.2) is 9.55 Å². The second kappa shape index (κ2) is 7.17. The van der Waals surface area contributed by atoms with E-state index < -0.39 is 11.7 Å². The summed E-state index contributed by atoms with van der Waals surface area (Å²) in [4.78, 5) is 4.28. The molecule has 0 atom stereocenters. The van der Waals surface area contributed by atoms with Gasteiger partial charge in [0.15, 0.2) is 0 Å². The van der Waals surface area contributed by atoms with Crippen molar-refractivity contribution in [3.63, 3.8) is 0 Å². The molecule has 2 heterocycles. The summed E-state index contributed by atoms with van der Waals surface area (Å²) in [6, 6.07) is 8.78. The summed E-state index contributed by atoms with van der Waals surface area (Å²) in [7, 11) is 0. The van der Waals surface area contributed by atoms with E-state index in [9.17, 15) is 13.2 Å². The van der Waals surface area contributed by atoms with E-state index >= 15 is 0 Å². The van der Waals surface area contributed by atoms with Crippen LogP contribution >= 0.6 is 15.9 Å². The minimum absolute atomic E-state index is 0.642. The number of halogens is 4. The first-order chi connectivity index (χ1) is 10.9. The Kier molecular flexibility index (Phi) is 5.46. The van der Waals surface area contributed by atoms with Gasteiger partial charge in [-0.1, -0.05) is 20.3 Å². The summed E-state index contributed by atoms with van der Waals surface area (Å²) in [5.74, 6) is 0. The second-order valence-electron chi connectivity index (χ2n) is 5.00. The highest BCUT2D eigenvalue weighted by atomic mass is 79.9. The van der Waals surface area contributed by atoms with Gasteiger partial charge in [-0.3, -0.25) is 0 Å². The van der Waals surface area contributed by atoms with E-state index in [1.165, 1.54) is 18.6 Å². The normalized spacial score (nSPS) is 11.2. The Hall–Kier alpha value is -1.82. The molecule has 6 heteroatoms. The Bertz CT molecular complexity index is 777. The predicted octanol–water partition coefficient (Wildman–Crippen LogP) is 6.22. The smallest absolute Gasteiger partial charge is 0.301 e. The zero-order valence-electron chi connectivity index (χ0n) is 12.7. The van der Waals surface area contributed by atoms with Gasteiger partial charge in [-0.25, -0.2) is 4.98 Å². The molecular weight excluding hydrogens is 369 g/mol. The Morgan fingerprint density at radius 3 is 2.26 bits per heavy atom. The van der Waals surface area contributed by atoms with Gasteiger partial charge >= 0.3 is 6.18 Å². The van der Waals surface area contributed by atoms with Crippen LogP contribution in [0.1, 0.15) is 25.8 Å². The van der Waals surface area contributed by atoms with Crippen LogP contribution in [-0.2, 0) is 6.18 Å². The maximum atomic E-state index is 12.5. The maximum absolute atomic E-state index is 12.5. The lowest BCUT2D eigenvalue weighted by molar-refractivity contribution is -0.137. The molecule has 1 aromatic carbocycles. The van der Waals surface area contributed by atoms with Crippen LogP contribution in [0.5, 0.6) is 0 Å². The van der Waals surface area contributed by atoms with Crippen LogP contribution in [0.2, 0.25) is 0 Å². The van der Waals surface area contributed by atoms with Crippen molar-refractivity contribution in [2.45, 2.75) is 26.4 Å². The third-order valence-electron chi connectivity index (χ3n) is 2.97. The average Bonchev–Trinajstić information content (AvgIpc) is 2.90. The molecule has 2 nitrogen and oxygen atoms in total. The molecule has 0 radical (unpaired) electrons. The van der Waals surface area contributed by atoms with Crippen LogP contribution < -0.4 is 0 Å². The predicted molar refractivity (Wildman–Crippen MR) is 89.7 cm³/mol. The highest BCUT2D eigenvalue weighted by Gasteiger charge is 2.30. The molecule has 23 heavy (non-hydrogen) atoms. The number of pyridine rings is 1. The summed E-state index contributed by atoms with van der Waals surface area (Å²) in [6.45, 7) is 4.25. The number of alkyl halides is 3. The molecule has 0 spiro atoms. The Balaban J connectivity index is 0.000000595. The summed E-state index contributed by atoms with van der Waals surface area (Å²) >= 11 is 3.33. The van der Waals surface area contributed by atoms with E-state index in [4.69, 9.17) is 0 Å². The molecule has 0 amide bonds. The second-order valence-corrected chi connectivity index (χ2v) is 5.92. The Morgan fingerprint density at radius 2 is 1.70 bits per heavy atom. The lowest BCUT2D eigenvalue weighted by Gasteiger charge is -2.09. The minimum Gasteiger partial charge on any atom is -0.301 e. The minimum atomic E-state index is -4.32. The van der Waals surface area contributed by atoms with Gasteiger partial charge in [0.25, 0.3) is 0 Å². The molecule has 3 aromatic rings. The fourth-order valence-corrected chi connectivity index (χ4v) is 2.37. The molecule has 2 aromatic heterocycles. The Morgan fingerprint density at radius 1 is 1.09 bits per heavy atom. The van der Waals surface area contributed by atoms with Crippen molar-refractivity contribution in [3.8, 4) is 5.69 Å². The van der Waals surface area contributed by atoms with E-state index in [0.717, 1.165) is 22.0 Å². The molecule has 0 aliphatic carbocycles. The molecule has 122 valence electrons. The molecule has 0 saturated carbocycles. The van der Waals surface area contributed by atoms with Crippen molar-refractivity contribution in [3.05, 3.63) is 58.8 Å². The summed E-state index contributed by atoms with van der Waals surface area (Å²) in [6.07, 6.45) is 0.371. The van der Waals surface area contributed by atoms with Gasteiger partial charge in [-0.2, -0.15) is 13.2 Å². The molecule has 0 saturated heterocycles. The molecule has 0 aliphatic rings. The van der Waals surface area contributed by atoms with E-state index in [0.29, 0.717) is 11.3 Å². The van der Waals surface area contributed by atoms with Gasteiger partial charge in [0.1, 0.15) is 5.65 Å². The molecule has 0 unspecified atom stereocenters. The van der Waals surface area contributed by atoms with Crippen LogP contribution in [0.15, 0.2) is 53.3 Å². The molecule has 0 N–H and O–H groups in total. The van der Waals surface area contributed by atoms with E-state index in [-0.39, 0.29) is 0 Å². The standard InChI is InChI=1S/C14H8BrF3N2.C3H8/c15-11-7-9-5-6-20(13(9)19-8-11)12-3-1-10(2-4-12)14(16,17)18;1-3-2/h1-8H;3H2,1-2H3. The summed E-state index contributed by atoms with van der Waals surface area (Å²) in [5.41, 5.74) is 0.684. The van der Waals surface area contributed by atoms with Crippen LogP contribution in [0, 0.1) is 0 Å². The average molecular weight is 385 g/mol. The number of aromatic nitrogens is 2. The fourth-order valence-electron chi connectivity index (χ4n) is 2.02. The van der Waals surface area contributed by atoms with E-state index in [2.05, 4.69) is 34.8 Å². The first kappa shape index (κ1) is 17.5. The number of fused-ring (bicyclic) bond motifs is 1. The molecule has 0 bridgehead atoms. The topological polar surface area (TPSA) is 17.8 Å². The number of hydrogen-bond acceptors (Lipinski definition) is 1. The number of rotatable bonds is 1. The van der Waals surface area contributed by atoms with Crippen LogP contribution in [0.25, 0.3) is 16.7 Å². The SMILES string of the molecule is CCC.FC(F)(F)c1ccc(-n2ccc3cc(Br)cnc32)cc1. The van der Waals surface area contributed by atoms with Crippen molar-refractivity contribution < 1.29 is 13.2 Å². The van der Waals surface area contributed by atoms with Gasteiger partial charge < -0.3 is 4.57 Å². The summed E-state index contributed by atoms with van der Waals surface area (Å²) in [5, 5.41) is 0.916. The fraction of sp³-hybridized carbons (Fsp3) is 0.235. The number of benzene rings is 1. The van der Waals surface area contributed by atoms with E-state index in [1.807, 2.05) is 12.1 Å². The molecule has 0 aliphatic heterocycles. The quantitative estimate of drug-likeness (QED) is 0.486. The van der Waals surface area contributed by atoms with Crippen molar-refractivity contribution in [2.75, 3.05) is 0 Å². The van der Waals surface area contributed by atoms with Gasteiger partial charge in [-0.05, 0) is 52.3 Å². The Labute approximate surface area is 141 Å². The number of nitrogens with zero attached hydrogens (tertiary/aromatic N) is 2. The van der Waals surface area contributed by atoms with Gasteiger partial charge in [0, 0.05) is 27.9 Å². The van der Waals surface area contributed by atoms with Crippen molar-refractivity contribution >= 4 is 27.0 Å². The van der Waals surface area contributed by atoms with Gasteiger partial charge in [0.2, 0.25) is 0 Å². The monoisotopic (exact) mass is 384 g/mol. The lowest BCUT2D eigenvalue weighted by atomic mass is 10.2. The van der Waals surface area contributed by atoms with Crippen molar-refractivity contribution in [1.29, 1.82) is 0 Å². The molecular formula is C17H16BrF3N2. The zero-order valence-corrected chi connectivity index (χ0v) is 14.3. The van der Waals surface area contributed by atoms with Gasteiger partial charge in [0.05, 0.1) is 5.56 Å². The first-order valence-electron chi connectivity index (χ1n) is 7.17. The van der Waals surface area contributed by atoms with E-state index in [1.54, 1.807) is 17.0 Å². The first-order valence-corrected chi connectivity index (χ1v) is 7.96. The highest BCUT2D eigenvalue weighted by molar-refractivity contribution is 9.10. The molecule has 3 rings (SSSR count). The highest BCUT2D eigenvalue weighted by Crippen LogP contribution is 2.30. The zero-order chi connectivity index (χ0) is 17.0. The third kappa shape index (κ3) is 4.13. The maximum Gasteiger partial charge on any atom is 0.416 e. The lowest BCUT2D eigenvalue weighted by Crippen LogP contribution is -2.04.